The number of unbranched alkanes of at least 4 members (excludes halogenated alkanes) is 1. The maximum absolute atomic E-state index is 2.40. The SMILES string of the molecule is CC(CCCCc1ccccc1)CC(C)(C)C. The van der Waals surface area contributed by atoms with E-state index in [2.05, 4.69) is 58.0 Å². The maximum atomic E-state index is 2.40. The molecule has 0 aliphatic carbocycles. The Labute approximate surface area is 107 Å². The van der Waals surface area contributed by atoms with Gasteiger partial charge in [0.15, 0.2) is 0 Å². The molecule has 0 aliphatic heterocycles. The van der Waals surface area contributed by atoms with Gasteiger partial charge in [0, 0.05) is 0 Å². The standard InChI is InChI=1S/C17H28/c1-15(14-17(2,3)4)10-8-9-13-16-11-6-5-7-12-16/h5-7,11-12,15H,8-10,13-14H2,1-4H3. The summed E-state index contributed by atoms with van der Waals surface area (Å²) < 4.78 is 0. The number of hydrogen-bond acceptors (Lipinski definition) is 0. The normalized spacial score (nSPS) is 13.6. The lowest BCUT2D eigenvalue weighted by Gasteiger charge is -2.23. The van der Waals surface area contributed by atoms with Gasteiger partial charge < -0.3 is 0 Å². The minimum absolute atomic E-state index is 0.485. The van der Waals surface area contributed by atoms with Crippen LogP contribution in [0.4, 0.5) is 0 Å². The summed E-state index contributed by atoms with van der Waals surface area (Å²) in [7, 11) is 0. The van der Waals surface area contributed by atoms with Crippen molar-refractivity contribution in [1.82, 2.24) is 0 Å². The largest absolute Gasteiger partial charge is 0.0625 e. The van der Waals surface area contributed by atoms with Crippen molar-refractivity contribution in [3.63, 3.8) is 0 Å². The van der Waals surface area contributed by atoms with Gasteiger partial charge in [0.1, 0.15) is 0 Å². The second kappa shape index (κ2) is 6.83. The van der Waals surface area contributed by atoms with Gasteiger partial charge in [-0.1, -0.05) is 70.9 Å². The van der Waals surface area contributed by atoms with E-state index in [1.54, 1.807) is 0 Å². The summed E-state index contributed by atoms with van der Waals surface area (Å²) in [6, 6.07) is 10.8. The number of aryl methyl sites for hydroxylation is 1. The molecule has 1 unspecified atom stereocenters. The Kier molecular flexibility index (Phi) is 5.74. The molecule has 1 aromatic carbocycles. The highest BCUT2D eigenvalue weighted by atomic mass is 14.2. The second-order valence-corrected chi connectivity index (χ2v) is 6.60. The Morgan fingerprint density at radius 2 is 1.65 bits per heavy atom. The molecular formula is C17H28. The zero-order valence-electron chi connectivity index (χ0n) is 12.0. The first-order valence-electron chi connectivity index (χ1n) is 7.01. The molecule has 1 aromatic rings. The third-order valence-corrected chi connectivity index (χ3v) is 3.22. The summed E-state index contributed by atoms with van der Waals surface area (Å²) >= 11 is 0. The van der Waals surface area contributed by atoms with Crippen LogP contribution < -0.4 is 0 Å². The van der Waals surface area contributed by atoms with Crippen LogP contribution in [-0.2, 0) is 6.42 Å². The predicted molar refractivity (Wildman–Crippen MR) is 77.2 cm³/mol. The fraction of sp³-hybridized carbons (Fsp3) is 0.647. The molecule has 17 heavy (non-hydrogen) atoms. The van der Waals surface area contributed by atoms with Crippen molar-refractivity contribution in [2.24, 2.45) is 11.3 Å². The third kappa shape index (κ3) is 7.20. The van der Waals surface area contributed by atoms with Gasteiger partial charge >= 0.3 is 0 Å². The summed E-state index contributed by atoms with van der Waals surface area (Å²) in [5, 5.41) is 0. The molecule has 0 radical (unpaired) electrons. The first-order valence-corrected chi connectivity index (χ1v) is 7.01. The number of rotatable bonds is 6. The first kappa shape index (κ1) is 14.3. The molecule has 0 spiro atoms. The van der Waals surface area contributed by atoms with Gasteiger partial charge in [-0.2, -0.15) is 0 Å². The summed E-state index contributed by atoms with van der Waals surface area (Å²) in [5.74, 6) is 0.866. The minimum Gasteiger partial charge on any atom is -0.0625 e. The predicted octanol–water partition coefficient (Wildman–Crippen LogP) is 5.47. The van der Waals surface area contributed by atoms with Crippen LogP contribution in [0.5, 0.6) is 0 Å². The van der Waals surface area contributed by atoms with Gasteiger partial charge in [-0.25, -0.2) is 0 Å². The molecule has 0 heterocycles. The monoisotopic (exact) mass is 232 g/mol. The Bertz CT molecular complexity index is 292. The van der Waals surface area contributed by atoms with E-state index in [9.17, 15) is 0 Å². The molecule has 0 nitrogen and oxygen atoms in total. The van der Waals surface area contributed by atoms with Crippen LogP contribution in [-0.4, -0.2) is 0 Å². The van der Waals surface area contributed by atoms with Crippen LogP contribution in [0.25, 0.3) is 0 Å². The molecular weight excluding hydrogens is 204 g/mol. The highest BCUT2D eigenvalue weighted by molar-refractivity contribution is 5.14. The molecule has 0 saturated heterocycles. The van der Waals surface area contributed by atoms with Crippen LogP contribution in [0.1, 0.15) is 58.9 Å². The average Bonchev–Trinajstić information content (AvgIpc) is 2.23. The third-order valence-electron chi connectivity index (χ3n) is 3.22. The van der Waals surface area contributed by atoms with Crippen molar-refractivity contribution >= 4 is 0 Å². The van der Waals surface area contributed by atoms with E-state index >= 15 is 0 Å². The van der Waals surface area contributed by atoms with E-state index in [1.807, 2.05) is 0 Å². The molecule has 0 aromatic heterocycles. The fourth-order valence-electron chi connectivity index (χ4n) is 2.61. The van der Waals surface area contributed by atoms with Crippen LogP contribution in [0.3, 0.4) is 0 Å². The molecule has 0 N–H and O–H groups in total. The fourth-order valence-corrected chi connectivity index (χ4v) is 2.61. The maximum Gasteiger partial charge on any atom is -0.0279 e. The molecule has 96 valence electrons. The quantitative estimate of drug-likeness (QED) is 0.570. The van der Waals surface area contributed by atoms with Gasteiger partial charge in [-0.3, -0.25) is 0 Å². The topological polar surface area (TPSA) is 0 Å². The van der Waals surface area contributed by atoms with Crippen LogP contribution in [0.15, 0.2) is 30.3 Å². The summed E-state index contributed by atoms with van der Waals surface area (Å²) in [4.78, 5) is 0. The molecule has 1 atom stereocenters. The van der Waals surface area contributed by atoms with Gasteiger partial charge in [-0.05, 0) is 36.2 Å². The van der Waals surface area contributed by atoms with Gasteiger partial charge in [0.2, 0.25) is 0 Å². The number of hydrogen-bond donors (Lipinski definition) is 0. The van der Waals surface area contributed by atoms with Crippen molar-refractivity contribution in [2.75, 3.05) is 0 Å². The lowest BCUT2D eigenvalue weighted by atomic mass is 9.83. The Morgan fingerprint density at radius 3 is 2.24 bits per heavy atom. The van der Waals surface area contributed by atoms with Crippen molar-refractivity contribution in [3.8, 4) is 0 Å². The van der Waals surface area contributed by atoms with E-state index in [0.717, 1.165) is 5.92 Å². The van der Waals surface area contributed by atoms with Gasteiger partial charge in [-0.15, -0.1) is 0 Å². The van der Waals surface area contributed by atoms with Crippen molar-refractivity contribution in [3.05, 3.63) is 35.9 Å². The van der Waals surface area contributed by atoms with Crippen molar-refractivity contribution < 1.29 is 0 Å². The van der Waals surface area contributed by atoms with Crippen LogP contribution in [0.2, 0.25) is 0 Å². The molecule has 0 saturated carbocycles. The average molecular weight is 232 g/mol. The van der Waals surface area contributed by atoms with Crippen LogP contribution >= 0.6 is 0 Å². The molecule has 0 bridgehead atoms. The van der Waals surface area contributed by atoms with Gasteiger partial charge in [0.25, 0.3) is 0 Å². The zero-order valence-corrected chi connectivity index (χ0v) is 12.0. The Balaban J connectivity index is 2.12. The first-order chi connectivity index (χ1) is 7.97. The molecule has 0 heteroatoms. The second-order valence-electron chi connectivity index (χ2n) is 6.60. The van der Waals surface area contributed by atoms with E-state index in [1.165, 1.54) is 37.7 Å². The highest BCUT2D eigenvalue weighted by Gasteiger charge is 2.14. The molecule has 0 amide bonds. The Hall–Kier alpha value is -0.780. The molecule has 1 rings (SSSR count). The number of benzene rings is 1. The smallest absolute Gasteiger partial charge is 0.0279 e. The highest BCUT2D eigenvalue weighted by Crippen LogP contribution is 2.27. The summed E-state index contributed by atoms with van der Waals surface area (Å²) in [5.41, 5.74) is 1.97. The van der Waals surface area contributed by atoms with Crippen molar-refractivity contribution in [2.45, 2.75) is 59.8 Å². The van der Waals surface area contributed by atoms with Crippen molar-refractivity contribution in [1.29, 1.82) is 0 Å². The lowest BCUT2D eigenvalue weighted by molar-refractivity contribution is 0.292. The molecule has 0 aliphatic rings. The van der Waals surface area contributed by atoms with E-state index in [-0.39, 0.29) is 0 Å². The van der Waals surface area contributed by atoms with Gasteiger partial charge in [0.05, 0.1) is 0 Å². The Morgan fingerprint density at radius 1 is 1.00 bits per heavy atom. The zero-order chi connectivity index (χ0) is 12.7. The van der Waals surface area contributed by atoms with E-state index in [0.29, 0.717) is 5.41 Å². The summed E-state index contributed by atoms with van der Waals surface area (Å²) in [6.07, 6.45) is 6.66. The summed E-state index contributed by atoms with van der Waals surface area (Å²) in [6.45, 7) is 9.42. The molecule has 0 fully saturated rings. The van der Waals surface area contributed by atoms with E-state index in [4.69, 9.17) is 0 Å². The van der Waals surface area contributed by atoms with Crippen LogP contribution in [0, 0.1) is 11.3 Å². The minimum atomic E-state index is 0.485. The van der Waals surface area contributed by atoms with E-state index < -0.39 is 0 Å². The lowest BCUT2D eigenvalue weighted by Crippen LogP contribution is -2.10.